The van der Waals surface area contributed by atoms with Gasteiger partial charge in [0, 0.05) is 19.5 Å². The number of nitrogens with one attached hydrogen (secondary N) is 2. The largest absolute Gasteiger partial charge is 0.377 e. The van der Waals surface area contributed by atoms with Gasteiger partial charge in [0.25, 0.3) is 0 Å². The lowest BCUT2D eigenvalue weighted by Gasteiger charge is -2.08. The molecule has 0 aliphatic heterocycles. The number of hydrogen-bond acceptors (Lipinski definition) is 7. The van der Waals surface area contributed by atoms with Gasteiger partial charge in [0.1, 0.15) is 13.2 Å². The molecule has 0 fully saturated rings. The summed E-state index contributed by atoms with van der Waals surface area (Å²) in [7, 11) is 0. The molecule has 0 rings (SSSR count). The van der Waals surface area contributed by atoms with E-state index in [1.165, 1.54) is 90.4 Å². The normalized spacial score (nSPS) is 11.1. The Kier molecular flexibility index (Phi) is 30.7. The zero-order chi connectivity index (χ0) is 29.4. The van der Waals surface area contributed by atoms with Gasteiger partial charge < -0.3 is 29.6 Å². The van der Waals surface area contributed by atoms with Gasteiger partial charge in [0.15, 0.2) is 5.78 Å². The number of amides is 2. The van der Waals surface area contributed by atoms with Crippen molar-refractivity contribution >= 4 is 17.6 Å². The van der Waals surface area contributed by atoms with Crippen molar-refractivity contribution < 1.29 is 33.3 Å². The maximum absolute atomic E-state index is 11.9. The van der Waals surface area contributed by atoms with Crippen LogP contribution in [0.15, 0.2) is 0 Å². The van der Waals surface area contributed by atoms with E-state index in [2.05, 4.69) is 17.6 Å². The molecule has 0 radical (unpaired) electrons. The summed E-state index contributed by atoms with van der Waals surface area (Å²) in [4.78, 5) is 34.3. The van der Waals surface area contributed by atoms with E-state index >= 15 is 0 Å². The van der Waals surface area contributed by atoms with Crippen molar-refractivity contribution in [1.29, 1.82) is 0 Å². The first-order chi connectivity index (χ1) is 19.6. The molecule has 0 unspecified atom stereocenters. The predicted molar refractivity (Wildman–Crippen MR) is 160 cm³/mol. The van der Waals surface area contributed by atoms with Gasteiger partial charge in [-0.2, -0.15) is 0 Å². The fourth-order valence-electron chi connectivity index (χ4n) is 4.14. The number of Topliss-reactive ketones (excluding diaryl/α,β-unsaturated/α-hetero) is 1. The second-order valence-corrected chi connectivity index (χ2v) is 10.4. The highest BCUT2D eigenvalue weighted by Crippen LogP contribution is 2.13. The standard InChI is InChI=1S/C31H60N2O7/c1-3-4-5-6-7-8-9-10-11-12-13-14-15-16-17-18-30(35)32-19-21-37-24-26-40-28-31(36)33-20-22-38-23-25-39-27-29(2)34/h3-28H2,1-2H3,(H,32,35)(H,33,36). The first-order valence-corrected chi connectivity index (χ1v) is 15.9. The average Bonchev–Trinajstić information content (AvgIpc) is 2.93. The highest BCUT2D eigenvalue weighted by atomic mass is 16.5. The number of unbranched alkanes of at least 4 members (excludes halogenated alkanes) is 14. The van der Waals surface area contributed by atoms with E-state index < -0.39 is 0 Å². The second-order valence-electron chi connectivity index (χ2n) is 10.4. The summed E-state index contributed by atoms with van der Waals surface area (Å²) in [5, 5.41) is 5.58. The molecule has 9 heteroatoms. The Balaban J connectivity index is 3.25. The molecule has 0 aliphatic rings. The van der Waals surface area contributed by atoms with Crippen LogP contribution in [-0.4, -0.2) is 83.5 Å². The van der Waals surface area contributed by atoms with Gasteiger partial charge in [0.05, 0.1) is 39.6 Å². The molecule has 40 heavy (non-hydrogen) atoms. The molecular formula is C31H60N2O7. The molecule has 0 heterocycles. The minimum absolute atomic E-state index is 0.0230. The quantitative estimate of drug-likeness (QED) is 0.107. The Morgan fingerprint density at radius 2 is 0.875 bits per heavy atom. The van der Waals surface area contributed by atoms with Crippen molar-refractivity contribution in [1.82, 2.24) is 10.6 Å². The van der Waals surface area contributed by atoms with E-state index in [0.29, 0.717) is 59.2 Å². The minimum Gasteiger partial charge on any atom is -0.377 e. The Bertz CT molecular complexity index is 590. The van der Waals surface area contributed by atoms with Crippen molar-refractivity contribution in [2.75, 3.05) is 65.9 Å². The summed E-state index contributed by atoms with van der Waals surface area (Å²) >= 11 is 0. The molecule has 236 valence electrons. The lowest BCUT2D eigenvalue weighted by atomic mass is 10.0. The molecule has 0 aromatic carbocycles. The van der Waals surface area contributed by atoms with E-state index in [4.69, 9.17) is 18.9 Å². The molecule has 0 saturated heterocycles. The molecular weight excluding hydrogens is 512 g/mol. The molecule has 9 nitrogen and oxygen atoms in total. The number of carbonyl (C=O) groups is 3. The third-order valence-electron chi connectivity index (χ3n) is 6.43. The molecule has 0 saturated carbocycles. The highest BCUT2D eigenvalue weighted by Gasteiger charge is 2.03. The van der Waals surface area contributed by atoms with Crippen LogP contribution in [0.5, 0.6) is 0 Å². The van der Waals surface area contributed by atoms with Gasteiger partial charge in [-0.1, -0.05) is 96.8 Å². The molecule has 0 bridgehead atoms. The Morgan fingerprint density at radius 3 is 1.35 bits per heavy atom. The summed E-state index contributed by atoms with van der Waals surface area (Å²) in [5.41, 5.74) is 0. The molecule has 0 atom stereocenters. The summed E-state index contributed by atoms with van der Waals surface area (Å²) in [6.07, 6.45) is 20.4. The number of rotatable bonds is 32. The summed E-state index contributed by atoms with van der Waals surface area (Å²) in [6.45, 7) is 6.83. The number of carbonyl (C=O) groups excluding carboxylic acids is 3. The van der Waals surface area contributed by atoms with E-state index in [1.807, 2.05) is 0 Å². The SMILES string of the molecule is CCCCCCCCCCCCCCCCCC(=O)NCCOCCOCC(=O)NCCOCCOCC(C)=O. The Morgan fingerprint density at radius 1 is 0.475 bits per heavy atom. The smallest absolute Gasteiger partial charge is 0.246 e. The Labute approximate surface area is 244 Å². The van der Waals surface area contributed by atoms with Gasteiger partial charge in [-0.15, -0.1) is 0 Å². The lowest BCUT2D eigenvalue weighted by molar-refractivity contribution is -0.127. The monoisotopic (exact) mass is 572 g/mol. The van der Waals surface area contributed by atoms with Gasteiger partial charge >= 0.3 is 0 Å². The topological polar surface area (TPSA) is 112 Å². The molecule has 0 aromatic rings. The zero-order valence-corrected chi connectivity index (χ0v) is 25.7. The van der Waals surface area contributed by atoms with Crippen molar-refractivity contribution in [2.24, 2.45) is 0 Å². The third-order valence-corrected chi connectivity index (χ3v) is 6.43. The molecule has 0 aliphatic carbocycles. The third kappa shape index (κ3) is 32.7. The fraction of sp³-hybridized carbons (Fsp3) is 0.903. The second kappa shape index (κ2) is 32.0. The first-order valence-electron chi connectivity index (χ1n) is 15.9. The van der Waals surface area contributed by atoms with Gasteiger partial charge in [-0.05, 0) is 13.3 Å². The van der Waals surface area contributed by atoms with Crippen LogP contribution >= 0.6 is 0 Å². The summed E-state index contributed by atoms with van der Waals surface area (Å²) in [6, 6.07) is 0. The zero-order valence-electron chi connectivity index (χ0n) is 25.7. The van der Waals surface area contributed by atoms with Crippen LogP contribution in [0.2, 0.25) is 0 Å². The number of hydrogen-bond donors (Lipinski definition) is 2. The van der Waals surface area contributed by atoms with E-state index in [0.717, 1.165) is 12.8 Å². The number of ketones is 1. The fourth-order valence-corrected chi connectivity index (χ4v) is 4.14. The van der Waals surface area contributed by atoms with Crippen LogP contribution in [-0.2, 0) is 33.3 Å². The molecule has 2 N–H and O–H groups in total. The van der Waals surface area contributed by atoms with Crippen molar-refractivity contribution in [3.05, 3.63) is 0 Å². The lowest BCUT2D eigenvalue weighted by Crippen LogP contribution is -2.31. The van der Waals surface area contributed by atoms with Crippen molar-refractivity contribution in [3.63, 3.8) is 0 Å². The van der Waals surface area contributed by atoms with Crippen LogP contribution in [0.4, 0.5) is 0 Å². The summed E-state index contributed by atoms with van der Waals surface area (Å²) in [5.74, 6) is -0.161. The minimum atomic E-state index is -0.220. The molecule has 0 spiro atoms. The van der Waals surface area contributed by atoms with Crippen LogP contribution in [0.25, 0.3) is 0 Å². The molecule has 0 aromatic heterocycles. The Hall–Kier alpha value is -1.55. The predicted octanol–water partition coefficient (Wildman–Crippen LogP) is 5.14. The van der Waals surface area contributed by atoms with Gasteiger partial charge in [-0.3, -0.25) is 14.4 Å². The van der Waals surface area contributed by atoms with Crippen LogP contribution < -0.4 is 10.6 Å². The summed E-state index contributed by atoms with van der Waals surface area (Å²) < 4.78 is 21.1. The molecule has 2 amide bonds. The van der Waals surface area contributed by atoms with Crippen LogP contribution in [0.3, 0.4) is 0 Å². The van der Waals surface area contributed by atoms with Gasteiger partial charge in [0.2, 0.25) is 11.8 Å². The van der Waals surface area contributed by atoms with E-state index in [9.17, 15) is 14.4 Å². The van der Waals surface area contributed by atoms with Crippen LogP contribution in [0, 0.1) is 0 Å². The van der Waals surface area contributed by atoms with Crippen molar-refractivity contribution in [2.45, 2.75) is 117 Å². The average molecular weight is 573 g/mol. The van der Waals surface area contributed by atoms with Crippen LogP contribution in [0.1, 0.15) is 117 Å². The maximum Gasteiger partial charge on any atom is 0.246 e. The first kappa shape index (κ1) is 38.5. The van der Waals surface area contributed by atoms with Gasteiger partial charge in [-0.25, -0.2) is 0 Å². The van der Waals surface area contributed by atoms with E-state index in [-0.39, 0.29) is 30.8 Å². The van der Waals surface area contributed by atoms with E-state index in [1.54, 1.807) is 0 Å². The van der Waals surface area contributed by atoms with Crippen molar-refractivity contribution in [3.8, 4) is 0 Å². The maximum atomic E-state index is 11.9. The number of ether oxygens (including phenoxy) is 4. The highest BCUT2D eigenvalue weighted by molar-refractivity contribution is 5.77.